The number of fused-ring (bicyclic) bond motifs is 1. The average molecular weight is 301 g/mol. The molecule has 1 aliphatic heterocycles. The highest BCUT2D eigenvalue weighted by Gasteiger charge is 2.26. The lowest BCUT2D eigenvalue weighted by molar-refractivity contribution is 0.0985. The molecule has 2 aromatic carbocycles. The maximum Gasteiger partial charge on any atom is 0.259 e. The number of nitrogens with two attached hydrogens (primary N) is 1. The van der Waals surface area contributed by atoms with Gasteiger partial charge in [-0.3, -0.25) is 4.79 Å². The second-order valence-corrected chi connectivity index (χ2v) is 5.79. The lowest BCUT2D eigenvalue weighted by Gasteiger charge is -2.31. The zero-order valence-corrected chi connectivity index (χ0v) is 12.7. The van der Waals surface area contributed by atoms with E-state index >= 15 is 0 Å². The molecule has 3 nitrogen and oxygen atoms in total. The van der Waals surface area contributed by atoms with Crippen LogP contribution in [0.4, 0.5) is 11.4 Å². The SMILES string of the molecule is Cc1cccc2c1N(C(=O)c1ccc(N)cc1Cl)CCC2. The predicted octanol–water partition coefficient (Wildman–Crippen LogP) is 3.82. The lowest BCUT2D eigenvalue weighted by Crippen LogP contribution is -2.36. The number of nitrogens with zero attached hydrogens (tertiary/aromatic N) is 1. The molecule has 2 N–H and O–H groups in total. The van der Waals surface area contributed by atoms with Gasteiger partial charge >= 0.3 is 0 Å². The van der Waals surface area contributed by atoms with Gasteiger partial charge in [-0.25, -0.2) is 0 Å². The van der Waals surface area contributed by atoms with E-state index in [0.717, 1.165) is 30.6 Å². The first-order valence-corrected chi connectivity index (χ1v) is 7.41. The van der Waals surface area contributed by atoms with Gasteiger partial charge in [0.15, 0.2) is 0 Å². The molecule has 21 heavy (non-hydrogen) atoms. The second kappa shape index (κ2) is 5.41. The molecule has 3 rings (SSSR count). The molecule has 108 valence electrons. The smallest absolute Gasteiger partial charge is 0.259 e. The molecule has 0 atom stereocenters. The number of nitrogen functional groups attached to an aromatic ring is 1. The fraction of sp³-hybridized carbons (Fsp3) is 0.235. The zero-order chi connectivity index (χ0) is 15.0. The molecule has 2 aromatic rings. The molecule has 1 heterocycles. The van der Waals surface area contributed by atoms with Crippen molar-refractivity contribution >= 4 is 28.9 Å². The van der Waals surface area contributed by atoms with Gasteiger partial charge in [-0.05, 0) is 49.1 Å². The number of benzene rings is 2. The minimum atomic E-state index is -0.0600. The molecule has 0 unspecified atom stereocenters. The monoisotopic (exact) mass is 300 g/mol. The van der Waals surface area contributed by atoms with E-state index in [9.17, 15) is 4.79 Å². The van der Waals surface area contributed by atoms with Crippen molar-refractivity contribution in [3.05, 3.63) is 58.1 Å². The quantitative estimate of drug-likeness (QED) is 0.814. The maximum atomic E-state index is 12.8. The van der Waals surface area contributed by atoms with Crippen LogP contribution in [0.3, 0.4) is 0 Å². The Morgan fingerprint density at radius 1 is 1.29 bits per heavy atom. The molecule has 0 aromatic heterocycles. The van der Waals surface area contributed by atoms with Crippen molar-refractivity contribution in [2.75, 3.05) is 17.2 Å². The summed E-state index contributed by atoms with van der Waals surface area (Å²) in [6.07, 6.45) is 1.98. The van der Waals surface area contributed by atoms with Gasteiger partial charge in [0.1, 0.15) is 0 Å². The zero-order valence-electron chi connectivity index (χ0n) is 11.9. The largest absolute Gasteiger partial charge is 0.399 e. The Morgan fingerprint density at radius 3 is 2.86 bits per heavy atom. The Hall–Kier alpha value is -2.00. The molecular weight excluding hydrogens is 284 g/mol. The van der Waals surface area contributed by atoms with Crippen LogP contribution in [-0.4, -0.2) is 12.5 Å². The molecule has 0 aliphatic carbocycles. The van der Waals surface area contributed by atoms with Crippen molar-refractivity contribution in [2.24, 2.45) is 0 Å². The number of halogens is 1. The highest BCUT2D eigenvalue weighted by Crippen LogP contribution is 2.32. The number of hydrogen-bond acceptors (Lipinski definition) is 2. The summed E-state index contributed by atoms with van der Waals surface area (Å²) in [5.74, 6) is -0.0600. The Kier molecular flexibility index (Phi) is 3.60. The summed E-state index contributed by atoms with van der Waals surface area (Å²) in [5.41, 5.74) is 10.1. The Balaban J connectivity index is 2.04. The maximum absolute atomic E-state index is 12.8. The van der Waals surface area contributed by atoms with Crippen molar-refractivity contribution in [2.45, 2.75) is 19.8 Å². The van der Waals surface area contributed by atoms with E-state index < -0.39 is 0 Å². The summed E-state index contributed by atoms with van der Waals surface area (Å²) in [6.45, 7) is 2.76. The number of rotatable bonds is 1. The van der Waals surface area contributed by atoms with Crippen LogP contribution in [0.1, 0.15) is 27.9 Å². The summed E-state index contributed by atoms with van der Waals surface area (Å²) in [5, 5.41) is 0.403. The van der Waals surface area contributed by atoms with Crippen molar-refractivity contribution in [1.82, 2.24) is 0 Å². The molecule has 0 saturated carbocycles. The summed E-state index contributed by atoms with van der Waals surface area (Å²) in [4.78, 5) is 14.7. The number of aryl methyl sites for hydroxylation is 2. The van der Waals surface area contributed by atoms with E-state index in [0.29, 0.717) is 16.3 Å². The molecule has 0 saturated heterocycles. The van der Waals surface area contributed by atoms with Crippen molar-refractivity contribution in [3.63, 3.8) is 0 Å². The molecule has 4 heteroatoms. The molecule has 1 amide bonds. The molecule has 0 spiro atoms. The number of amides is 1. The Bertz CT molecular complexity index is 712. The first kappa shape index (κ1) is 14.0. The number of carbonyl (C=O) groups is 1. The average Bonchev–Trinajstić information content (AvgIpc) is 2.46. The molecule has 0 fully saturated rings. The third-order valence-electron chi connectivity index (χ3n) is 3.89. The predicted molar refractivity (Wildman–Crippen MR) is 87.0 cm³/mol. The van der Waals surface area contributed by atoms with E-state index in [1.54, 1.807) is 18.2 Å². The minimum Gasteiger partial charge on any atom is -0.399 e. The van der Waals surface area contributed by atoms with Gasteiger partial charge in [-0.15, -0.1) is 0 Å². The summed E-state index contributed by atoms with van der Waals surface area (Å²) < 4.78 is 0. The summed E-state index contributed by atoms with van der Waals surface area (Å²) in [7, 11) is 0. The van der Waals surface area contributed by atoms with Gasteiger partial charge in [0, 0.05) is 12.2 Å². The fourth-order valence-corrected chi connectivity index (χ4v) is 3.17. The van der Waals surface area contributed by atoms with Gasteiger partial charge in [-0.1, -0.05) is 29.8 Å². The van der Waals surface area contributed by atoms with Crippen molar-refractivity contribution in [3.8, 4) is 0 Å². The molecular formula is C17H17ClN2O. The molecule has 0 radical (unpaired) electrons. The van der Waals surface area contributed by atoms with Crippen LogP contribution < -0.4 is 10.6 Å². The fourth-order valence-electron chi connectivity index (χ4n) is 2.90. The Morgan fingerprint density at radius 2 is 2.10 bits per heavy atom. The van der Waals surface area contributed by atoms with Crippen molar-refractivity contribution in [1.29, 1.82) is 0 Å². The van der Waals surface area contributed by atoms with Gasteiger partial charge in [0.25, 0.3) is 5.91 Å². The van der Waals surface area contributed by atoms with Gasteiger partial charge < -0.3 is 10.6 Å². The van der Waals surface area contributed by atoms with Crippen LogP contribution >= 0.6 is 11.6 Å². The van der Waals surface area contributed by atoms with Crippen LogP contribution in [-0.2, 0) is 6.42 Å². The van der Waals surface area contributed by atoms with Crippen LogP contribution in [0.5, 0.6) is 0 Å². The van der Waals surface area contributed by atoms with Crippen LogP contribution in [0.15, 0.2) is 36.4 Å². The number of anilines is 2. The number of carbonyl (C=O) groups excluding carboxylic acids is 1. The summed E-state index contributed by atoms with van der Waals surface area (Å²) in [6, 6.07) is 11.2. The van der Waals surface area contributed by atoms with Gasteiger partial charge in [0.05, 0.1) is 16.3 Å². The first-order valence-electron chi connectivity index (χ1n) is 7.03. The van der Waals surface area contributed by atoms with E-state index in [1.165, 1.54) is 5.56 Å². The Labute approximate surface area is 129 Å². The first-order chi connectivity index (χ1) is 10.1. The molecule has 1 aliphatic rings. The third-order valence-corrected chi connectivity index (χ3v) is 4.20. The normalized spacial score (nSPS) is 13.9. The standard InChI is InChI=1S/C17H17ClN2O/c1-11-4-2-5-12-6-3-9-20(16(11)12)17(21)14-8-7-13(19)10-15(14)18/h2,4-5,7-8,10H,3,6,9,19H2,1H3. The highest BCUT2D eigenvalue weighted by molar-refractivity contribution is 6.34. The highest BCUT2D eigenvalue weighted by atomic mass is 35.5. The van der Waals surface area contributed by atoms with Crippen LogP contribution in [0.2, 0.25) is 5.02 Å². The van der Waals surface area contributed by atoms with Crippen LogP contribution in [0.25, 0.3) is 0 Å². The topological polar surface area (TPSA) is 46.3 Å². The van der Waals surface area contributed by atoms with E-state index in [-0.39, 0.29) is 5.91 Å². The number of hydrogen-bond donors (Lipinski definition) is 1. The lowest BCUT2D eigenvalue weighted by atomic mass is 9.97. The van der Waals surface area contributed by atoms with E-state index in [1.807, 2.05) is 24.0 Å². The molecule has 0 bridgehead atoms. The van der Waals surface area contributed by atoms with Crippen LogP contribution in [0, 0.1) is 6.92 Å². The number of para-hydroxylation sites is 1. The third kappa shape index (κ3) is 2.49. The van der Waals surface area contributed by atoms with Gasteiger partial charge in [0.2, 0.25) is 0 Å². The van der Waals surface area contributed by atoms with Crippen molar-refractivity contribution < 1.29 is 4.79 Å². The minimum absolute atomic E-state index is 0.0600. The second-order valence-electron chi connectivity index (χ2n) is 5.38. The summed E-state index contributed by atoms with van der Waals surface area (Å²) >= 11 is 6.18. The van der Waals surface area contributed by atoms with E-state index in [4.69, 9.17) is 17.3 Å². The van der Waals surface area contributed by atoms with E-state index in [2.05, 4.69) is 6.07 Å². The van der Waals surface area contributed by atoms with Gasteiger partial charge in [-0.2, -0.15) is 0 Å².